The van der Waals surface area contributed by atoms with Crippen molar-refractivity contribution in [2.24, 2.45) is 10.7 Å². The van der Waals surface area contributed by atoms with Gasteiger partial charge in [0.25, 0.3) is 0 Å². The van der Waals surface area contributed by atoms with Gasteiger partial charge in [0.05, 0.1) is 25.1 Å². The Morgan fingerprint density at radius 1 is 1.27 bits per heavy atom. The number of aromatic nitrogens is 4. The molecular weight excluding hydrogens is 524 g/mol. The second kappa shape index (κ2) is 13.7. The number of nitrogen functional groups attached to an aromatic ring is 1. The maximum Gasteiger partial charge on any atom is 0.195 e. The molecule has 40 heavy (non-hydrogen) atoms. The first-order chi connectivity index (χ1) is 19.4. The van der Waals surface area contributed by atoms with Crippen LogP contribution in [0.15, 0.2) is 29.2 Å². The number of aliphatic hydroxyl groups excluding tert-OH is 1. The Morgan fingerprint density at radius 2 is 2.10 bits per heavy atom. The summed E-state index contributed by atoms with van der Waals surface area (Å²) in [4.78, 5) is 28.2. The summed E-state index contributed by atoms with van der Waals surface area (Å²) in [6.45, 7) is 0.930. The van der Waals surface area contributed by atoms with Crippen LogP contribution in [0, 0.1) is 0 Å². The first-order valence-corrected chi connectivity index (χ1v) is 13.1. The lowest BCUT2D eigenvalue weighted by molar-refractivity contribution is -0.105. The van der Waals surface area contributed by atoms with Crippen LogP contribution in [0.3, 0.4) is 0 Å². The number of carbonyl (C=O) groups is 1. The summed E-state index contributed by atoms with van der Waals surface area (Å²) in [6, 6.07) is 0. The van der Waals surface area contributed by atoms with Crippen molar-refractivity contribution in [1.82, 2.24) is 35.5 Å². The average molecular weight is 563 g/mol. The molecule has 0 amide bonds. The van der Waals surface area contributed by atoms with E-state index in [1.165, 1.54) is 13.4 Å². The quantitative estimate of drug-likeness (QED) is 0.0549. The summed E-state index contributed by atoms with van der Waals surface area (Å²) in [5.41, 5.74) is 13.0. The van der Waals surface area contributed by atoms with Crippen molar-refractivity contribution < 1.29 is 28.8 Å². The highest BCUT2D eigenvalue weighted by molar-refractivity contribution is 5.81. The van der Waals surface area contributed by atoms with Crippen LogP contribution in [-0.2, 0) is 23.7 Å². The van der Waals surface area contributed by atoms with E-state index in [2.05, 4.69) is 35.9 Å². The van der Waals surface area contributed by atoms with Crippen molar-refractivity contribution in [2.45, 2.75) is 62.6 Å². The van der Waals surface area contributed by atoms with Crippen molar-refractivity contribution >= 4 is 29.2 Å². The molecule has 4 heterocycles. The third-order valence-corrected chi connectivity index (χ3v) is 6.88. The highest BCUT2D eigenvalue weighted by atomic mass is 16.6. The van der Waals surface area contributed by atoms with Gasteiger partial charge in [0.1, 0.15) is 36.0 Å². The van der Waals surface area contributed by atoms with E-state index >= 15 is 0 Å². The van der Waals surface area contributed by atoms with E-state index in [1.807, 2.05) is 4.57 Å². The Bertz CT molecular complexity index is 1210. The largest absolute Gasteiger partial charge is 0.386 e. The fourth-order valence-electron chi connectivity index (χ4n) is 4.79. The zero-order valence-corrected chi connectivity index (χ0v) is 22.8. The topological polar surface area (TPSA) is 218 Å². The highest BCUT2D eigenvalue weighted by Crippen LogP contribution is 2.31. The van der Waals surface area contributed by atoms with E-state index in [1.54, 1.807) is 20.4 Å². The predicted octanol–water partition coefficient (Wildman–Crippen LogP) is -1.31. The third kappa shape index (κ3) is 6.59. The van der Waals surface area contributed by atoms with Gasteiger partial charge in [0.2, 0.25) is 0 Å². The summed E-state index contributed by atoms with van der Waals surface area (Å²) in [5.74, 6) is 0.545. The first kappa shape index (κ1) is 29.4. The Labute approximate surface area is 231 Å². The number of imidazole rings is 1. The number of fused-ring (bicyclic) bond motifs is 1. The van der Waals surface area contributed by atoms with Gasteiger partial charge >= 0.3 is 0 Å². The highest BCUT2D eigenvalue weighted by Gasteiger charge is 2.44. The standard InChI is InChI=1S/C24H38N10O6/c1-27-14(9-35)21(33-24(26)28-2)32-23-18(36)19(37-3)15(40-23)5-4-8-38-10-13-6-7-16(39-13)34-12-31-17-20(25)29-11-30-22(17)34/h9,11-13,15-16,18-19,23,27,32,36H,4-8,10H2,1-3H3,(H2,25,29,30)(H3,26,28,33)/b21-14+/t13?,15?,16-,18?,19?,23?/m1/s1. The van der Waals surface area contributed by atoms with E-state index in [0.717, 1.165) is 12.8 Å². The Morgan fingerprint density at radius 3 is 2.83 bits per heavy atom. The number of hydrogen-bond donors (Lipinski definition) is 6. The molecule has 5 unspecified atom stereocenters. The van der Waals surface area contributed by atoms with E-state index in [9.17, 15) is 9.90 Å². The van der Waals surface area contributed by atoms with Gasteiger partial charge < -0.3 is 51.5 Å². The lowest BCUT2D eigenvalue weighted by Crippen LogP contribution is -2.42. The van der Waals surface area contributed by atoms with Crippen LogP contribution in [0.1, 0.15) is 31.9 Å². The molecule has 2 fully saturated rings. The zero-order chi connectivity index (χ0) is 28.6. The van der Waals surface area contributed by atoms with Gasteiger partial charge in [-0.3, -0.25) is 9.36 Å². The second-order valence-corrected chi connectivity index (χ2v) is 9.40. The van der Waals surface area contributed by atoms with Gasteiger partial charge in [-0.15, -0.1) is 0 Å². The van der Waals surface area contributed by atoms with Gasteiger partial charge in [0.15, 0.2) is 35.8 Å². The second-order valence-electron chi connectivity index (χ2n) is 9.40. The van der Waals surface area contributed by atoms with Gasteiger partial charge in [-0.2, -0.15) is 4.99 Å². The molecule has 0 saturated carbocycles. The monoisotopic (exact) mass is 562 g/mol. The number of likely N-dealkylation sites (N-methyl/N-ethyl adjacent to an activating group) is 1. The fourth-order valence-corrected chi connectivity index (χ4v) is 4.79. The minimum absolute atomic E-state index is 0.0542. The molecule has 0 bridgehead atoms. The predicted molar refractivity (Wildman–Crippen MR) is 144 cm³/mol. The first-order valence-electron chi connectivity index (χ1n) is 13.1. The van der Waals surface area contributed by atoms with Crippen LogP contribution >= 0.6 is 0 Å². The average Bonchev–Trinajstić information content (AvgIpc) is 3.67. The normalized spacial score (nSPS) is 27.6. The lowest BCUT2D eigenvalue weighted by atomic mass is 10.1. The van der Waals surface area contributed by atoms with Crippen molar-refractivity contribution in [1.29, 1.82) is 0 Å². The van der Waals surface area contributed by atoms with Crippen LogP contribution in [0.4, 0.5) is 5.82 Å². The fraction of sp³-hybridized carbons (Fsp3) is 0.625. The molecule has 2 aliphatic heterocycles. The minimum atomic E-state index is -1.01. The molecule has 0 radical (unpaired) electrons. The number of methoxy groups -OCH3 is 1. The molecule has 0 aliphatic carbocycles. The summed E-state index contributed by atoms with van der Waals surface area (Å²) >= 11 is 0. The maximum atomic E-state index is 11.5. The molecule has 6 atom stereocenters. The number of nitrogens with zero attached hydrogens (tertiary/aromatic N) is 5. The SMILES string of the molecule is CN/C(N)=N\C(NC1OC(CCCOCC2CC[C@H](n3cnc4c(N)ncnc43)O2)C(OC)C1O)=C(/C=O)NC. The minimum Gasteiger partial charge on any atom is -0.386 e. The van der Waals surface area contributed by atoms with E-state index in [4.69, 9.17) is 30.4 Å². The van der Waals surface area contributed by atoms with E-state index in [-0.39, 0.29) is 29.8 Å². The van der Waals surface area contributed by atoms with Crippen LogP contribution in [0.5, 0.6) is 0 Å². The molecule has 16 heteroatoms. The molecule has 2 saturated heterocycles. The van der Waals surface area contributed by atoms with Crippen molar-refractivity contribution in [2.75, 3.05) is 40.2 Å². The summed E-state index contributed by atoms with van der Waals surface area (Å²) in [5, 5.41) is 19.2. The van der Waals surface area contributed by atoms with E-state index < -0.39 is 24.5 Å². The number of carbonyl (C=O) groups excluding carboxylic acids is 1. The third-order valence-electron chi connectivity index (χ3n) is 6.88. The molecule has 2 aromatic heterocycles. The number of ether oxygens (including phenoxy) is 4. The Hall–Kier alpha value is -3.57. The van der Waals surface area contributed by atoms with Crippen molar-refractivity contribution in [3.8, 4) is 0 Å². The number of aliphatic hydroxyl groups is 1. The van der Waals surface area contributed by atoms with Gasteiger partial charge in [0, 0.05) is 27.8 Å². The molecule has 2 aliphatic rings. The Balaban J connectivity index is 1.24. The Kier molecular flexibility index (Phi) is 10.1. The van der Waals surface area contributed by atoms with Crippen molar-refractivity contribution in [3.05, 3.63) is 24.2 Å². The summed E-state index contributed by atoms with van der Waals surface area (Å²) in [7, 11) is 4.69. The van der Waals surface area contributed by atoms with Crippen LogP contribution < -0.4 is 27.4 Å². The molecular formula is C24H38N10O6. The number of hydrogen-bond acceptors (Lipinski definition) is 13. The van der Waals surface area contributed by atoms with Crippen LogP contribution in [0.2, 0.25) is 0 Å². The zero-order valence-electron chi connectivity index (χ0n) is 22.8. The molecule has 8 N–H and O–H groups in total. The molecule has 16 nitrogen and oxygen atoms in total. The summed E-state index contributed by atoms with van der Waals surface area (Å²) in [6.07, 6.45) is 3.47. The van der Waals surface area contributed by atoms with Gasteiger partial charge in [-0.1, -0.05) is 0 Å². The van der Waals surface area contributed by atoms with Crippen LogP contribution in [-0.4, -0.2) is 102 Å². The number of aliphatic imine (C=N–C) groups is 1. The van der Waals surface area contributed by atoms with Crippen LogP contribution in [0.25, 0.3) is 11.2 Å². The number of anilines is 1. The number of allylic oxidation sites excluding steroid dienone is 1. The number of nitrogens with two attached hydrogens (primary N) is 2. The molecule has 4 rings (SSSR count). The molecule has 0 aromatic carbocycles. The number of guanidine groups is 1. The summed E-state index contributed by atoms with van der Waals surface area (Å²) < 4.78 is 25.5. The van der Waals surface area contributed by atoms with Gasteiger partial charge in [-0.05, 0) is 25.7 Å². The number of rotatable bonds is 13. The lowest BCUT2D eigenvalue weighted by Gasteiger charge is -2.20. The van der Waals surface area contributed by atoms with Gasteiger partial charge in [-0.25, -0.2) is 15.0 Å². The molecule has 0 spiro atoms. The number of aldehydes is 1. The van der Waals surface area contributed by atoms with E-state index in [0.29, 0.717) is 49.3 Å². The maximum absolute atomic E-state index is 11.5. The smallest absolute Gasteiger partial charge is 0.195 e. The van der Waals surface area contributed by atoms with Crippen molar-refractivity contribution in [3.63, 3.8) is 0 Å². The molecule has 2 aromatic rings. The molecule has 220 valence electrons. The number of nitrogens with one attached hydrogen (secondary N) is 3.